The van der Waals surface area contributed by atoms with Crippen LogP contribution in [0.3, 0.4) is 0 Å². The van der Waals surface area contributed by atoms with E-state index in [0.29, 0.717) is 11.1 Å². The topological polar surface area (TPSA) is 55.8 Å². The summed E-state index contributed by atoms with van der Waals surface area (Å²) in [6.45, 7) is 4.22. The minimum atomic E-state index is 0.139. The molecule has 1 unspecified atom stereocenters. The summed E-state index contributed by atoms with van der Waals surface area (Å²) in [7, 11) is 0. The third-order valence-electron chi connectivity index (χ3n) is 8.33. The predicted molar refractivity (Wildman–Crippen MR) is 169 cm³/mol. The minimum absolute atomic E-state index is 0.139. The van der Waals surface area contributed by atoms with Crippen LogP contribution in [0.25, 0.3) is 27.8 Å². The van der Waals surface area contributed by atoms with E-state index in [9.17, 15) is 10.5 Å². The third kappa shape index (κ3) is 4.31. The van der Waals surface area contributed by atoms with Gasteiger partial charge in [0.1, 0.15) is 0 Å². The number of anilines is 2. The van der Waals surface area contributed by atoms with E-state index in [4.69, 9.17) is 0 Å². The number of hydrogen-bond donors (Lipinski definition) is 0. The second-order valence-electron chi connectivity index (χ2n) is 11.1. The zero-order valence-electron chi connectivity index (χ0n) is 23.5. The molecule has 2 heterocycles. The lowest BCUT2D eigenvalue weighted by Crippen LogP contribution is -2.19. The molecule has 6 aromatic rings. The maximum absolute atomic E-state index is 9.40. The van der Waals surface area contributed by atoms with Crippen LogP contribution in [0.1, 0.15) is 39.4 Å². The molecule has 7 rings (SSSR count). The van der Waals surface area contributed by atoms with Crippen molar-refractivity contribution in [2.45, 2.75) is 26.3 Å². The molecule has 42 heavy (non-hydrogen) atoms. The van der Waals surface area contributed by atoms with Gasteiger partial charge in [-0.25, -0.2) is 0 Å². The van der Waals surface area contributed by atoms with Gasteiger partial charge in [0.15, 0.2) is 0 Å². The number of nitriles is 2. The summed E-state index contributed by atoms with van der Waals surface area (Å²) in [6, 6.07) is 44.7. The number of nitrogens with zero attached hydrogens (tertiary/aromatic N) is 4. The summed E-state index contributed by atoms with van der Waals surface area (Å²) < 4.78 is 2.31. The maximum atomic E-state index is 9.40. The van der Waals surface area contributed by atoms with E-state index in [0.717, 1.165) is 40.0 Å². The van der Waals surface area contributed by atoms with E-state index in [2.05, 4.69) is 114 Å². The van der Waals surface area contributed by atoms with Crippen molar-refractivity contribution < 1.29 is 0 Å². The van der Waals surface area contributed by atoms with Crippen LogP contribution in [-0.2, 0) is 6.42 Å². The Bertz CT molecular complexity index is 2020. The first-order valence-electron chi connectivity index (χ1n) is 14.1. The summed E-state index contributed by atoms with van der Waals surface area (Å²) in [4.78, 5) is 2.42. The lowest BCUT2D eigenvalue weighted by atomic mass is 10.0. The number of hydrogen-bond acceptors (Lipinski definition) is 3. The zero-order chi connectivity index (χ0) is 28.8. The Morgan fingerprint density at radius 1 is 0.643 bits per heavy atom. The minimum Gasteiger partial charge on any atom is -0.333 e. The lowest BCUT2D eigenvalue weighted by Gasteiger charge is -2.28. The van der Waals surface area contributed by atoms with Gasteiger partial charge in [0.25, 0.3) is 0 Å². The predicted octanol–water partition coefficient (Wildman–Crippen LogP) is 9.09. The summed E-state index contributed by atoms with van der Waals surface area (Å²) in [5, 5.41) is 20.0. The van der Waals surface area contributed by atoms with Gasteiger partial charge in [0, 0.05) is 22.4 Å². The van der Waals surface area contributed by atoms with Crippen LogP contribution in [0, 0.1) is 36.5 Å². The molecule has 0 bridgehead atoms. The fraction of sp³-hybridized carbons (Fsp3) is 0.105. The molecule has 5 aromatic carbocycles. The van der Waals surface area contributed by atoms with Crippen molar-refractivity contribution in [1.29, 1.82) is 10.5 Å². The van der Waals surface area contributed by atoms with Crippen LogP contribution in [0.5, 0.6) is 0 Å². The van der Waals surface area contributed by atoms with Gasteiger partial charge in [0.05, 0.1) is 40.5 Å². The van der Waals surface area contributed by atoms with Gasteiger partial charge in [0.2, 0.25) is 0 Å². The average molecular weight is 541 g/mol. The Kier molecular flexibility index (Phi) is 6.11. The molecule has 1 aliphatic heterocycles. The number of aryl methyl sites for hydroxylation is 2. The molecular weight excluding hydrogens is 512 g/mol. The summed E-state index contributed by atoms with van der Waals surface area (Å²) in [5.74, 6) is 0. The average Bonchev–Trinajstić information content (AvgIpc) is 3.58. The van der Waals surface area contributed by atoms with Gasteiger partial charge in [-0.15, -0.1) is 0 Å². The van der Waals surface area contributed by atoms with Crippen LogP contribution < -0.4 is 4.90 Å². The van der Waals surface area contributed by atoms with Crippen molar-refractivity contribution in [3.8, 4) is 29.1 Å². The molecule has 0 N–H and O–H groups in total. The first-order chi connectivity index (χ1) is 20.5. The fourth-order valence-corrected chi connectivity index (χ4v) is 6.11. The molecule has 1 atom stereocenters. The van der Waals surface area contributed by atoms with Crippen molar-refractivity contribution in [2.75, 3.05) is 4.90 Å². The second kappa shape index (κ2) is 10.1. The van der Waals surface area contributed by atoms with E-state index in [-0.39, 0.29) is 6.04 Å². The highest BCUT2D eigenvalue weighted by Crippen LogP contribution is 2.48. The van der Waals surface area contributed by atoms with Gasteiger partial charge in [-0.3, -0.25) is 0 Å². The normalized spacial score (nSPS) is 14.0. The molecule has 200 valence electrons. The molecule has 0 radical (unpaired) electrons. The Hall–Kier alpha value is -5.58. The zero-order valence-corrected chi connectivity index (χ0v) is 23.5. The molecule has 1 aliphatic rings. The van der Waals surface area contributed by atoms with E-state index in [1.807, 2.05) is 36.4 Å². The number of rotatable bonds is 4. The fourth-order valence-electron chi connectivity index (χ4n) is 6.11. The van der Waals surface area contributed by atoms with Gasteiger partial charge < -0.3 is 9.47 Å². The van der Waals surface area contributed by atoms with Crippen LogP contribution >= 0.6 is 0 Å². The largest absolute Gasteiger partial charge is 0.333 e. The summed E-state index contributed by atoms with van der Waals surface area (Å²) in [5.41, 5.74) is 13.0. The molecule has 4 nitrogen and oxygen atoms in total. The van der Waals surface area contributed by atoms with Gasteiger partial charge in [-0.2, -0.15) is 10.5 Å². The maximum Gasteiger partial charge on any atom is 0.0991 e. The van der Waals surface area contributed by atoms with Crippen LogP contribution in [-0.4, -0.2) is 4.57 Å². The highest BCUT2D eigenvalue weighted by atomic mass is 15.2. The summed E-state index contributed by atoms with van der Waals surface area (Å²) >= 11 is 0. The molecule has 0 aliphatic carbocycles. The molecular formula is C38H28N4. The Morgan fingerprint density at radius 3 is 1.81 bits per heavy atom. The molecule has 0 fully saturated rings. The smallest absolute Gasteiger partial charge is 0.0991 e. The lowest BCUT2D eigenvalue weighted by molar-refractivity contribution is 0.743. The molecule has 0 amide bonds. The Balaban J connectivity index is 1.44. The highest BCUT2D eigenvalue weighted by Gasteiger charge is 2.33. The van der Waals surface area contributed by atoms with E-state index in [1.165, 1.54) is 27.9 Å². The molecule has 0 spiro atoms. The molecule has 4 heteroatoms. The van der Waals surface area contributed by atoms with Crippen LogP contribution in [0.2, 0.25) is 0 Å². The van der Waals surface area contributed by atoms with E-state index >= 15 is 0 Å². The Labute approximate surface area is 245 Å². The standard InChI is InChI=1S/C38H28N4/c1-25-3-11-29(12-4-25)35-19-31-21-38-32(22-37(31)41(35)33-15-7-27(23-39)8-16-33)20-36(30-13-5-26(2)6-14-30)42(38)34-17-9-28(24-40)10-18-34/h3-19,21-22,36H,20H2,1-2H3. The molecule has 0 saturated carbocycles. The van der Waals surface area contributed by atoms with Crippen molar-refractivity contribution in [3.05, 3.63) is 149 Å². The van der Waals surface area contributed by atoms with Gasteiger partial charge in [-0.05, 0) is 104 Å². The van der Waals surface area contributed by atoms with Crippen LogP contribution in [0.4, 0.5) is 11.4 Å². The van der Waals surface area contributed by atoms with E-state index < -0.39 is 0 Å². The highest BCUT2D eigenvalue weighted by molar-refractivity contribution is 5.94. The van der Waals surface area contributed by atoms with Crippen molar-refractivity contribution in [2.24, 2.45) is 0 Å². The van der Waals surface area contributed by atoms with Gasteiger partial charge >= 0.3 is 0 Å². The summed E-state index contributed by atoms with van der Waals surface area (Å²) in [6.07, 6.45) is 0.868. The monoisotopic (exact) mass is 540 g/mol. The van der Waals surface area contributed by atoms with Crippen molar-refractivity contribution >= 4 is 22.3 Å². The quantitative estimate of drug-likeness (QED) is 0.224. The number of fused-ring (bicyclic) bond motifs is 2. The first kappa shape index (κ1) is 25.4. The molecule has 1 aromatic heterocycles. The number of benzene rings is 5. The SMILES string of the molecule is Cc1ccc(-c2cc3cc4c(cc3n2-c2ccc(C#N)cc2)CC(c2ccc(C)cc2)N4c2ccc(C#N)cc2)cc1. The van der Waals surface area contributed by atoms with Crippen LogP contribution in [0.15, 0.2) is 115 Å². The van der Waals surface area contributed by atoms with Crippen molar-refractivity contribution in [1.82, 2.24) is 4.57 Å². The second-order valence-corrected chi connectivity index (χ2v) is 11.1. The first-order valence-corrected chi connectivity index (χ1v) is 14.1. The third-order valence-corrected chi connectivity index (χ3v) is 8.33. The molecule has 0 saturated heterocycles. The van der Waals surface area contributed by atoms with E-state index in [1.54, 1.807) is 0 Å². The van der Waals surface area contributed by atoms with Gasteiger partial charge in [-0.1, -0.05) is 59.7 Å². The Morgan fingerprint density at radius 2 is 1.21 bits per heavy atom. The number of aromatic nitrogens is 1. The van der Waals surface area contributed by atoms with Crippen molar-refractivity contribution in [3.63, 3.8) is 0 Å².